The summed E-state index contributed by atoms with van der Waals surface area (Å²) in [6.45, 7) is 4.14. The van der Waals surface area contributed by atoms with Crippen LogP contribution >= 0.6 is 0 Å². The number of carbonyl (C=O) groups is 1. The summed E-state index contributed by atoms with van der Waals surface area (Å²) in [7, 11) is 0. The summed E-state index contributed by atoms with van der Waals surface area (Å²) in [6, 6.07) is 17.2. The molecule has 0 saturated carbocycles. The number of pyridine rings is 1. The quantitative estimate of drug-likeness (QED) is 0.344. The van der Waals surface area contributed by atoms with Crippen LogP contribution in [0, 0.1) is 19.7 Å². The van der Waals surface area contributed by atoms with E-state index in [4.69, 9.17) is 10.7 Å². The Balaban J connectivity index is 1.47. The minimum atomic E-state index is -0.679. The highest BCUT2D eigenvalue weighted by Gasteiger charge is 2.33. The molecule has 194 valence electrons. The zero-order valence-electron chi connectivity index (χ0n) is 21.3. The van der Waals surface area contributed by atoms with E-state index in [1.165, 1.54) is 12.1 Å². The SMILES string of the molecule is Cc1cc(F)cc(CNc2nc(-c3ccccc3)c3n(c2=O)[C@H](C(=O)NCc2ccc(N)nc2C)CC3)c1. The van der Waals surface area contributed by atoms with Gasteiger partial charge in [0.1, 0.15) is 17.7 Å². The Hall–Kier alpha value is -4.53. The molecule has 1 amide bonds. The van der Waals surface area contributed by atoms with Gasteiger partial charge in [0.2, 0.25) is 5.91 Å². The van der Waals surface area contributed by atoms with Gasteiger partial charge in [-0.05, 0) is 61.6 Å². The van der Waals surface area contributed by atoms with E-state index in [9.17, 15) is 14.0 Å². The summed E-state index contributed by atoms with van der Waals surface area (Å²) < 4.78 is 15.5. The third-order valence-corrected chi connectivity index (χ3v) is 6.76. The fourth-order valence-electron chi connectivity index (χ4n) is 4.93. The summed E-state index contributed by atoms with van der Waals surface area (Å²) in [4.78, 5) is 35.9. The second-order valence-electron chi connectivity index (χ2n) is 9.54. The van der Waals surface area contributed by atoms with Crippen molar-refractivity contribution in [3.05, 3.63) is 105 Å². The molecule has 4 N–H and O–H groups in total. The van der Waals surface area contributed by atoms with Gasteiger partial charge in [-0.15, -0.1) is 0 Å². The van der Waals surface area contributed by atoms with Gasteiger partial charge in [-0.2, -0.15) is 0 Å². The van der Waals surface area contributed by atoms with Crippen molar-refractivity contribution in [3.63, 3.8) is 0 Å². The first-order chi connectivity index (χ1) is 18.3. The van der Waals surface area contributed by atoms with E-state index >= 15 is 0 Å². The monoisotopic (exact) mass is 512 g/mol. The number of hydrogen-bond donors (Lipinski definition) is 3. The number of nitrogens with zero attached hydrogens (tertiary/aromatic N) is 3. The number of halogens is 1. The van der Waals surface area contributed by atoms with Crippen molar-refractivity contribution in [2.75, 3.05) is 11.1 Å². The molecule has 4 aromatic rings. The number of nitrogens with two attached hydrogens (primary N) is 1. The van der Waals surface area contributed by atoms with Gasteiger partial charge < -0.3 is 16.4 Å². The lowest BCUT2D eigenvalue weighted by Crippen LogP contribution is -2.36. The van der Waals surface area contributed by atoms with Crippen LogP contribution in [-0.4, -0.2) is 20.4 Å². The van der Waals surface area contributed by atoms with E-state index < -0.39 is 6.04 Å². The lowest BCUT2D eigenvalue weighted by molar-refractivity contribution is -0.124. The molecular weight excluding hydrogens is 483 g/mol. The summed E-state index contributed by atoms with van der Waals surface area (Å²) in [6.07, 6.45) is 1.02. The molecule has 9 heteroatoms. The van der Waals surface area contributed by atoms with Crippen molar-refractivity contribution in [1.82, 2.24) is 19.9 Å². The Morgan fingerprint density at radius 3 is 2.61 bits per heavy atom. The topological polar surface area (TPSA) is 115 Å². The fraction of sp³-hybridized carbons (Fsp3) is 0.241. The average Bonchev–Trinajstić information content (AvgIpc) is 3.33. The van der Waals surface area contributed by atoms with Gasteiger partial charge in [-0.1, -0.05) is 42.5 Å². The molecule has 0 bridgehead atoms. The lowest BCUT2D eigenvalue weighted by atomic mass is 10.1. The maximum Gasteiger partial charge on any atom is 0.294 e. The normalized spacial score (nSPS) is 14.2. The average molecular weight is 513 g/mol. The molecule has 1 atom stereocenters. The first kappa shape index (κ1) is 25.1. The molecule has 0 fully saturated rings. The van der Waals surface area contributed by atoms with E-state index in [0.29, 0.717) is 29.9 Å². The molecule has 5 rings (SSSR count). The third-order valence-electron chi connectivity index (χ3n) is 6.76. The first-order valence-corrected chi connectivity index (χ1v) is 12.5. The predicted octanol–water partition coefficient (Wildman–Crippen LogP) is 4.06. The third kappa shape index (κ3) is 5.13. The molecule has 3 heterocycles. The standard InChI is InChI=1S/C29H29FN6O2/c1-17-12-19(14-22(30)13-17)15-32-27-29(38)36-23(26(35-27)20-6-4-3-5-7-20)9-10-24(36)28(37)33-16-21-8-11-25(31)34-18(21)2/h3-8,11-14,24H,9-10,15-16H2,1-2H3,(H2,31,34)(H,32,35)(H,33,37)/t24-/m0/s1. The maximum atomic E-state index is 13.9. The number of rotatable bonds is 7. The lowest BCUT2D eigenvalue weighted by Gasteiger charge is -2.18. The molecule has 38 heavy (non-hydrogen) atoms. The van der Waals surface area contributed by atoms with E-state index in [-0.39, 0.29) is 36.2 Å². The van der Waals surface area contributed by atoms with Crippen LogP contribution in [0.1, 0.15) is 40.5 Å². The molecule has 0 aliphatic carbocycles. The van der Waals surface area contributed by atoms with E-state index in [0.717, 1.165) is 28.1 Å². The first-order valence-electron chi connectivity index (χ1n) is 12.5. The molecule has 0 unspecified atom stereocenters. The molecule has 0 saturated heterocycles. The number of carbonyl (C=O) groups excluding carboxylic acids is 1. The van der Waals surface area contributed by atoms with Crippen LogP contribution in [0.4, 0.5) is 16.0 Å². The minimum Gasteiger partial charge on any atom is -0.384 e. The van der Waals surface area contributed by atoms with Crippen LogP contribution in [0.5, 0.6) is 0 Å². The number of nitrogens with one attached hydrogen (secondary N) is 2. The number of hydrogen-bond acceptors (Lipinski definition) is 6. The number of anilines is 2. The molecule has 1 aliphatic rings. The number of nitrogen functional groups attached to an aromatic ring is 1. The van der Waals surface area contributed by atoms with Crippen molar-refractivity contribution >= 4 is 17.5 Å². The van der Waals surface area contributed by atoms with Gasteiger partial charge >= 0.3 is 0 Å². The zero-order chi connectivity index (χ0) is 26.8. The second kappa shape index (κ2) is 10.5. The van der Waals surface area contributed by atoms with Crippen LogP contribution < -0.4 is 21.9 Å². The zero-order valence-corrected chi connectivity index (χ0v) is 21.3. The van der Waals surface area contributed by atoms with Gasteiger partial charge in [0.25, 0.3) is 5.56 Å². The summed E-state index contributed by atoms with van der Waals surface area (Å²) in [5, 5.41) is 6.05. The van der Waals surface area contributed by atoms with Gasteiger partial charge in [0, 0.05) is 30.0 Å². The maximum absolute atomic E-state index is 13.9. The van der Waals surface area contributed by atoms with E-state index in [1.54, 1.807) is 10.6 Å². The molecule has 0 radical (unpaired) electrons. The van der Waals surface area contributed by atoms with Crippen molar-refractivity contribution in [1.29, 1.82) is 0 Å². The van der Waals surface area contributed by atoms with Crippen LogP contribution in [0.15, 0.2) is 65.5 Å². The number of aromatic nitrogens is 3. The van der Waals surface area contributed by atoms with Gasteiger partial charge in [0.15, 0.2) is 5.82 Å². The molecular formula is C29H29FN6O2. The Morgan fingerprint density at radius 2 is 1.87 bits per heavy atom. The van der Waals surface area contributed by atoms with Crippen molar-refractivity contribution in [2.45, 2.75) is 45.8 Å². The smallest absolute Gasteiger partial charge is 0.294 e. The van der Waals surface area contributed by atoms with Gasteiger partial charge in [-0.3, -0.25) is 14.2 Å². The molecule has 8 nitrogen and oxygen atoms in total. The van der Waals surface area contributed by atoms with E-state index in [2.05, 4.69) is 15.6 Å². The van der Waals surface area contributed by atoms with Crippen LogP contribution in [0.3, 0.4) is 0 Å². The Kier molecular flexibility index (Phi) is 6.91. The summed E-state index contributed by atoms with van der Waals surface area (Å²) in [5.74, 6) is -0.0521. The molecule has 2 aromatic heterocycles. The largest absolute Gasteiger partial charge is 0.384 e. The van der Waals surface area contributed by atoms with Crippen molar-refractivity contribution in [2.24, 2.45) is 0 Å². The molecule has 2 aromatic carbocycles. The number of aryl methyl sites for hydroxylation is 2. The second-order valence-corrected chi connectivity index (χ2v) is 9.54. The number of benzene rings is 2. The predicted molar refractivity (Wildman–Crippen MR) is 145 cm³/mol. The highest BCUT2D eigenvalue weighted by atomic mass is 19.1. The summed E-state index contributed by atoms with van der Waals surface area (Å²) >= 11 is 0. The van der Waals surface area contributed by atoms with Crippen LogP contribution in [0.2, 0.25) is 0 Å². The van der Waals surface area contributed by atoms with Crippen molar-refractivity contribution in [3.8, 4) is 11.3 Å². The minimum absolute atomic E-state index is 0.118. The van der Waals surface area contributed by atoms with Crippen LogP contribution in [-0.2, 0) is 24.3 Å². The van der Waals surface area contributed by atoms with Crippen molar-refractivity contribution < 1.29 is 9.18 Å². The Labute approximate surface area is 219 Å². The van der Waals surface area contributed by atoms with Gasteiger partial charge in [-0.25, -0.2) is 14.4 Å². The molecule has 1 aliphatic heterocycles. The summed E-state index contributed by atoms with van der Waals surface area (Å²) in [5.41, 5.74) is 10.7. The van der Waals surface area contributed by atoms with Crippen LogP contribution in [0.25, 0.3) is 11.3 Å². The highest BCUT2D eigenvalue weighted by Crippen LogP contribution is 2.32. The van der Waals surface area contributed by atoms with E-state index in [1.807, 2.05) is 56.3 Å². The Morgan fingerprint density at radius 1 is 1.08 bits per heavy atom. The molecule has 0 spiro atoms. The number of fused-ring (bicyclic) bond motifs is 1. The number of amides is 1. The Bertz CT molecular complexity index is 1550. The fourth-order valence-corrected chi connectivity index (χ4v) is 4.93. The van der Waals surface area contributed by atoms with Gasteiger partial charge in [0.05, 0.1) is 5.69 Å². The highest BCUT2D eigenvalue weighted by molar-refractivity contribution is 5.81.